The number of fused-ring (bicyclic) bond motifs is 1. The minimum atomic E-state index is -2.50. The third-order valence-electron chi connectivity index (χ3n) is 3.36. The maximum atomic E-state index is 12.4. The summed E-state index contributed by atoms with van der Waals surface area (Å²) in [5, 5.41) is 10.4. The number of methoxy groups -OCH3 is 1. The van der Waals surface area contributed by atoms with E-state index in [-0.39, 0.29) is 16.9 Å². The molecule has 0 bridgehead atoms. The zero-order valence-electron chi connectivity index (χ0n) is 11.2. The van der Waals surface area contributed by atoms with Gasteiger partial charge in [-0.1, -0.05) is 12.1 Å². The molecule has 0 spiro atoms. The summed E-state index contributed by atoms with van der Waals surface area (Å²) in [6.45, 7) is 0. The molecule has 0 amide bonds. The number of para-hydroxylation sites is 1. The molecule has 5 nitrogen and oxygen atoms in total. The van der Waals surface area contributed by atoms with Crippen molar-refractivity contribution in [1.82, 2.24) is 0 Å². The van der Waals surface area contributed by atoms with Crippen LogP contribution >= 0.6 is 0 Å². The molecule has 0 saturated heterocycles. The fourth-order valence-electron chi connectivity index (χ4n) is 2.22. The highest BCUT2D eigenvalue weighted by Gasteiger charge is 2.53. The molecule has 106 valence electrons. The molecule has 1 atom stereocenters. The number of hydrogen-bond donors (Lipinski definition) is 1. The Labute approximate surface area is 120 Å². The molecule has 1 aliphatic heterocycles. The zero-order valence-corrected chi connectivity index (χ0v) is 11.2. The molecule has 2 aromatic rings. The largest absolute Gasteiger partial charge is 0.497 e. The highest BCUT2D eigenvalue weighted by molar-refractivity contribution is 6.23. The van der Waals surface area contributed by atoms with Gasteiger partial charge in [0.2, 0.25) is 11.6 Å². The second-order valence-electron chi connectivity index (χ2n) is 4.63. The maximum absolute atomic E-state index is 12.4. The summed E-state index contributed by atoms with van der Waals surface area (Å²) < 4.78 is 10.2. The van der Waals surface area contributed by atoms with Gasteiger partial charge in [-0.25, -0.2) is 0 Å². The number of benzene rings is 2. The van der Waals surface area contributed by atoms with E-state index in [2.05, 4.69) is 0 Å². The van der Waals surface area contributed by atoms with Gasteiger partial charge in [0.05, 0.1) is 12.7 Å². The fraction of sp³-hybridized carbons (Fsp3) is 0.125. The lowest BCUT2D eigenvalue weighted by Gasteiger charge is -2.18. The Morgan fingerprint density at radius 1 is 1.14 bits per heavy atom. The Hall–Kier alpha value is -2.66. The fourth-order valence-corrected chi connectivity index (χ4v) is 2.22. The number of carbonyl (C=O) groups is 2. The van der Waals surface area contributed by atoms with Gasteiger partial charge < -0.3 is 14.6 Å². The number of aliphatic hydroxyl groups is 1. The normalized spacial score (nSPS) is 19.8. The molecule has 1 heterocycles. The van der Waals surface area contributed by atoms with Crippen LogP contribution in [0.25, 0.3) is 0 Å². The van der Waals surface area contributed by atoms with E-state index in [0.717, 1.165) is 0 Å². The topological polar surface area (TPSA) is 72.8 Å². The first-order valence-corrected chi connectivity index (χ1v) is 6.30. The average molecular weight is 284 g/mol. The number of hydrogen-bond acceptors (Lipinski definition) is 5. The van der Waals surface area contributed by atoms with E-state index < -0.39 is 17.4 Å². The lowest BCUT2D eigenvalue weighted by Crippen LogP contribution is -2.48. The minimum absolute atomic E-state index is 0.166. The SMILES string of the molecule is COc1ccc(C(=O)[C@]2(O)Oc3ccccc3C2=O)cc1. The molecule has 0 unspecified atom stereocenters. The van der Waals surface area contributed by atoms with Crippen LogP contribution in [0.15, 0.2) is 48.5 Å². The standard InChI is InChI=1S/C16H12O5/c1-20-11-8-6-10(7-9-11)14(17)16(19)15(18)12-4-2-3-5-13(12)21-16/h2-9,19H,1H3/t16-/m0/s1. The predicted octanol–water partition coefficient (Wildman–Crippen LogP) is 1.84. The highest BCUT2D eigenvalue weighted by atomic mass is 16.6. The van der Waals surface area contributed by atoms with E-state index in [1.54, 1.807) is 24.3 Å². The third-order valence-corrected chi connectivity index (χ3v) is 3.36. The van der Waals surface area contributed by atoms with Gasteiger partial charge in [-0.15, -0.1) is 0 Å². The summed E-state index contributed by atoms with van der Waals surface area (Å²) in [6.07, 6.45) is 0. The van der Waals surface area contributed by atoms with Crippen molar-refractivity contribution in [1.29, 1.82) is 0 Å². The average Bonchev–Trinajstić information content (AvgIpc) is 2.79. The van der Waals surface area contributed by atoms with Gasteiger partial charge >= 0.3 is 5.79 Å². The Morgan fingerprint density at radius 3 is 2.43 bits per heavy atom. The quantitative estimate of drug-likeness (QED) is 0.687. The van der Waals surface area contributed by atoms with E-state index >= 15 is 0 Å². The van der Waals surface area contributed by atoms with Crippen LogP contribution in [0, 0.1) is 0 Å². The molecule has 1 aliphatic rings. The van der Waals surface area contributed by atoms with Gasteiger partial charge in [0.15, 0.2) is 0 Å². The minimum Gasteiger partial charge on any atom is -0.497 e. The number of ketones is 2. The number of carbonyl (C=O) groups excluding carboxylic acids is 2. The van der Waals surface area contributed by atoms with E-state index in [9.17, 15) is 14.7 Å². The molecular formula is C16H12O5. The van der Waals surface area contributed by atoms with Crippen LogP contribution in [-0.4, -0.2) is 29.6 Å². The molecule has 21 heavy (non-hydrogen) atoms. The van der Waals surface area contributed by atoms with Gasteiger partial charge in [0.1, 0.15) is 11.5 Å². The number of ether oxygens (including phenoxy) is 2. The molecular weight excluding hydrogens is 272 g/mol. The van der Waals surface area contributed by atoms with Crippen molar-refractivity contribution in [2.45, 2.75) is 5.79 Å². The number of rotatable bonds is 3. The highest BCUT2D eigenvalue weighted by Crippen LogP contribution is 2.35. The van der Waals surface area contributed by atoms with Gasteiger partial charge in [-0.2, -0.15) is 0 Å². The summed E-state index contributed by atoms with van der Waals surface area (Å²) >= 11 is 0. The van der Waals surface area contributed by atoms with Crippen molar-refractivity contribution in [2.75, 3.05) is 7.11 Å². The van der Waals surface area contributed by atoms with Crippen LogP contribution in [0.1, 0.15) is 20.7 Å². The van der Waals surface area contributed by atoms with Crippen molar-refractivity contribution in [2.24, 2.45) is 0 Å². The Balaban J connectivity index is 1.96. The first-order valence-electron chi connectivity index (χ1n) is 6.30. The summed E-state index contributed by atoms with van der Waals surface area (Å²) in [4.78, 5) is 24.6. The van der Waals surface area contributed by atoms with E-state index in [1.807, 2.05) is 0 Å². The molecule has 0 radical (unpaired) electrons. The van der Waals surface area contributed by atoms with Crippen molar-refractivity contribution < 1.29 is 24.2 Å². The third kappa shape index (κ3) is 1.98. The van der Waals surface area contributed by atoms with Crippen LogP contribution in [0.4, 0.5) is 0 Å². The Bertz CT molecular complexity index is 720. The molecule has 0 fully saturated rings. The molecule has 2 aromatic carbocycles. The van der Waals surface area contributed by atoms with Crippen molar-refractivity contribution in [3.63, 3.8) is 0 Å². The maximum Gasteiger partial charge on any atom is 0.338 e. The lowest BCUT2D eigenvalue weighted by molar-refractivity contribution is -0.0618. The Kier molecular flexibility index (Phi) is 2.99. The van der Waals surface area contributed by atoms with Crippen LogP contribution in [0.5, 0.6) is 11.5 Å². The molecule has 3 rings (SSSR count). The second-order valence-corrected chi connectivity index (χ2v) is 4.63. The molecule has 0 aromatic heterocycles. The molecule has 0 saturated carbocycles. The molecule has 5 heteroatoms. The Morgan fingerprint density at radius 2 is 1.81 bits per heavy atom. The van der Waals surface area contributed by atoms with Crippen LogP contribution in [0.2, 0.25) is 0 Å². The zero-order chi connectivity index (χ0) is 15.0. The lowest BCUT2D eigenvalue weighted by atomic mass is 9.97. The first kappa shape index (κ1) is 13.3. The summed E-state index contributed by atoms with van der Waals surface area (Å²) in [5.74, 6) is -3.28. The summed E-state index contributed by atoms with van der Waals surface area (Å²) in [5.41, 5.74) is 0.362. The van der Waals surface area contributed by atoms with Gasteiger partial charge in [0.25, 0.3) is 0 Å². The van der Waals surface area contributed by atoms with E-state index in [1.165, 1.54) is 31.4 Å². The van der Waals surface area contributed by atoms with E-state index in [4.69, 9.17) is 9.47 Å². The van der Waals surface area contributed by atoms with Gasteiger partial charge in [0, 0.05) is 5.56 Å². The monoisotopic (exact) mass is 284 g/mol. The van der Waals surface area contributed by atoms with Crippen LogP contribution in [0.3, 0.4) is 0 Å². The van der Waals surface area contributed by atoms with Gasteiger partial charge in [-0.05, 0) is 36.4 Å². The van der Waals surface area contributed by atoms with Crippen molar-refractivity contribution in [3.05, 3.63) is 59.7 Å². The van der Waals surface area contributed by atoms with Crippen molar-refractivity contribution in [3.8, 4) is 11.5 Å². The van der Waals surface area contributed by atoms with Crippen LogP contribution in [-0.2, 0) is 0 Å². The second kappa shape index (κ2) is 4.71. The van der Waals surface area contributed by atoms with Crippen molar-refractivity contribution >= 4 is 11.6 Å². The number of Topliss-reactive ketones (excluding diaryl/α,β-unsaturated/α-hetero) is 2. The summed E-state index contributed by atoms with van der Waals surface area (Å²) in [6, 6.07) is 12.4. The van der Waals surface area contributed by atoms with Gasteiger partial charge in [-0.3, -0.25) is 9.59 Å². The molecule has 0 aliphatic carbocycles. The predicted molar refractivity (Wildman–Crippen MR) is 73.7 cm³/mol. The molecule has 1 N–H and O–H groups in total. The summed E-state index contributed by atoms with van der Waals surface area (Å²) in [7, 11) is 1.50. The van der Waals surface area contributed by atoms with Crippen LogP contribution < -0.4 is 9.47 Å². The first-order chi connectivity index (χ1) is 10.1. The van der Waals surface area contributed by atoms with E-state index in [0.29, 0.717) is 5.75 Å². The smallest absolute Gasteiger partial charge is 0.338 e.